The van der Waals surface area contributed by atoms with E-state index >= 15 is 0 Å². The van der Waals surface area contributed by atoms with Crippen molar-refractivity contribution in [2.24, 2.45) is 0 Å². The topological polar surface area (TPSA) is 33.2 Å². The molecule has 0 fully saturated rings. The predicted molar refractivity (Wildman–Crippen MR) is 109 cm³/mol. The molecular formula is C22H22ClFN2O. The number of benzene rings is 2. The number of aromatic nitrogens is 1. The molecule has 3 nitrogen and oxygen atoms in total. The van der Waals surface area contributed by atoms with Crippen LogP contribution in [0.3, 0.4) is 0 Å². The fourth-order valence-corrected chi connectivity index (χ4v) is 3.37. The van der Waals surface area contributed by atoms with Crippen molar-refractivity contribution < 1.29 is 9.18 Å². The number of hydrogen-bond donors (Lipinski definition) is 0. The summed E-state index contributed by atoms with van der Waals surface area (Å²) in [6.45, 7) is 3.38. The van der Waals surface area contributed by atoms with Gasteiger partial charge >= 0.3 is 0 Å². The smallest absolute Gasteiger partial charge is 0.272 e. The first kappa shape index (κ1) is 19.3. The van der Waals surface area contributed by atoms with Gasteiger partial charge in [-0.15, -0.1) is 0 Å². The third-order valence-corrected chi connectivity index (χ3v) is 5.13. The minimum atomic E-state index is -0.582. The van der Waals surface area contributed by atoms with Crippen molar-refractivity contribution in [2.75, 3.05) is 13.2 Å². The lowest BCUT2D eigenvalue weighted by atomic mass is 10.0. The first-order valence-corrected chi connectivity index (χ1v) is 9.46. The standard InChI is InChI=1S/C22H22ClFN2O/c1-3-15(2)26(13-12-24)22(27)20-14-16-8-4-5-9-17(16)21(25-20)18-10-6-7-11-19(18)23/h4-11,14-15H,3,12-13H2,1-2H3/i24-1. The fourth-order valence-electron chi connectivity index (χ4n) is 3.15. The zero-order chi connectivity index (χ0) is 19.4. The van der Waals surface area contributed by atoms with Gasteiger partial charge in [0, 0.05) is 28.6 Å². The van der Waals surface area contributed by atoms with Crippen molar-refractivity contribution in [3.8, 4) is 11.3 Å². The Balaban J connectivity index is 2.18. The van der Waals surface area contributed by atoms with Crippen molar-refractivity contribution >= 4 is 28.3 Å². The van der Waals surface area contributed by atoms with Crippen LogP contribution in [-0.2, 0) is 0 Å². The van der Waals surface area contributed by atoms with Gasteiger partial charge in [-0.3, -0.25) is 4.79 Å². The van der Waals surface area contributed by atoms with E-state index in [2.05, 4.69) is 4.98 Å². The van der Waals surface area contributed by atoms with E-state index in [9.17, 15) is 9.18 Å². The van der Waals surface area contributed by atoms with Gasteiger partial charge in [0.15, 0.2) is 0 Å². The Bertz CT molecular complexity index is 960. The van der Waals surface area contributed by atoms with Gasteiger partial charge in [0.1, 0.15) is 12.4 Å². The summed E-state index contributed by atoms with van der Waals surface area (Å²) < 4.78 is 13.0. The summed E-state index contributed by atoms with van der Waals surface area (Å²) in [6.07, 6.45) is 0.747. The summed E-state index contributed by atoms with van der Waals surface area (Å²) in [4.78, 5) is 19.3. The number of pyridine rings is 1. The van der Waals surface area contributed by atoms with E-state index in [1.54, 1.807) is 17.0 Å². The monoisotopic (exact) mass is 383 g/mol. The molecule has 2 aromatic carbocycles. The molecule has 0 N–H and O–H groups in total. The zero-order valence-corrected chi connectivity index (χ0v) is 16.2. The molecule has 140 valence electrons. The zero-order valence-electron chi connectivity index (χ0n) is 15.5. The van der Waals surface area contributed by atoms with Gasteiger partial charge in [0.2, 0.25) is 0 Å². The van der Waals surface area contributed by atoms with Crippen LogP contribution in [0.5, 0.6) is 0 Å². The number of nitrogens with zero attached hydrogens (tertiary/aromatic N) is 2. The average molecular weight is 384 g/mol. The van der Waals surface area contributed by atoms with Crippen molar-refractivity contribution in [1.82, 2.24) is 9.88 Å². The molecule has 0 radical (unpaired) electrons. The Morgan fingerprint density at radius 1 is 1.19 bits per heavy atom. The number of alkyl halides is 1. The first-order valence-electron chi connectivity index (χ1n) is 9.08. The van der Waals surface area contributed by atoms with Crippen LogP contribution in [0.4, 0.5) is 4.39 Å². The largest absolute Gasteiger partial charge is 0.332 e. The molecule has 0 aliphatic carbocycles. The van der Waals surface area contributed by atoms with E-state index in [1.165, 1.54) is 0 Å². The number of rotatable bonds is 6. The predicted octanol–water partition coefficient (Wildman–Crippen LogP) is 5.77. The van der Waals surface area contributed by atoms with Crippen LogP contribution in [0.1, 0.15) is 30.8 Å². The molecule has 3 rings (SSSR count). The Hall–Kier alpha value is -2.46. The molecule has 0 bridgehead atoms. The average Bonchev–Trinajstić information content (AvgIpc) is 2.70. The van der Waals surface area contributed by atoms with Gasteiger partial charge in [-0.05, 0) is 30.9 Å². The van der Waals surface area contributed by atoms with Crippen LogP contribution in [0.15, 0.2) is 54.6 Å². The highest BCUT2D eigenvalue weighted by atomic mass is 35.5. The second kappa shape index (κ2) is 8.49. The van der Waals surface area contributed by atoms with Crippen molar-refractivity contribution in [2.45, 2.75) is 26.3 Å². The molecule has 1 unspecified atom stereocenters. The Kier molecular flexibility index (Phi) is 6.07. The number of carbonyl (C=O) groups is 1. The quantitative estimate of drug-likeness (QED) is 0.541. The molecule has 0 aliphatic rings. The lowest BCUT2D eigenvalue weighted by molar-refractivity contribution is 0.0668. The van der Waals surface area contributed by atoms with E-state index < -0.39 is 6.67 Å². The lowest BCUT2D eigenvalue weighted by Crippen LogP contribution is -2.40. The summed E-state index contributed by atoms with van der Waals surface area (Å²) >= 11 is 6.39. The van der Waals surface area contributed by atoms with E-state index in [-0.39, 0.29) is 18.5 Å². The van der Waals surface area contributed by atoms with E-state index in [0.29, 0.717) is 16.4 Å². The van der Waals surface area contributed by atoms with Crippen LogP contribution in [0, 0.1) is 0 Å². The highest BCUT2D eigenvalue weighted by molar-refractivity contribution is 6.33. The second-order valence-corrected chi connectivity index (χ2v) is 6.91. The maximum Gasteiger partial charge on any atom is 0.272 e. The van der Waals surface area contributed by atoms with Crippen LogP contribution >= 0.6 is 11.6 Å². The van der Waals surface area contributed by atoms with E-state index in [0.717, 1.165) is 22.8 Å². The van der Waals surface area contributed by atoms with Gasteiger partial charge in [0.05, 0.1) is 5.69 Å². The normalized spacial score (nSPS) is 12.1. The molecule has 1 atom stereocenters. The van der Waals surface area contributed by atoms with E-state index in [1.807, 2.05) is 56.3 Å². The van der Waals surface area contributed by atoms with Crippen LogP contribution in [0.2, 0.25) is 5.02 Å². The molecule has 1 aromatic heterocycles. The summed E-state index contributed by atoms with van der Waals surface area (Å²) in [6, 6.07) is 16.9. The van der Waals surface area contributed by atoms with Crippen LogP contribution in [0.25, 0.3) is 22.0 Å². The van der Waals surface area contributed by atoms with Gasteiger partial charge < -0.3 is 4.90 Å². The Labute approximate surface area is 163 Å². The van der Waals surface area contributed by atoms with Crippen LogP contribution < -0.4 is 0 Å². The number of hydrogen-bond acceptors (Lipinski definition) is 2. The summed E-state index contributed by atoms with van der Waals surface area (Å²) in [5.41, 5.74) is 1.73. The molecule has 5 heteroatoms. The molecule has 27 heavy (non-hydrogen) atoms. The Morgan fingerprint density at radius 3 is 2.59 bits per heavy atom. The maximum absolute atomic E-state index is 13.1. The minimum absolute atomic E-state index is 0.0593. The third kappa shape index (κ3) is 3.96. The minimum Gasteiger partial charge on any atom is -0.332 e. The summed E-state index contributed by atoms with van der Waals surface area (Å²) in [5.74, 6) is -0.263. The molecule has 0 spiro atoms. The van der Waals surface area contributed by atoms with Crippen molar-refractivity contribution in [3.63, 3.8) is 0 Å². The number of fused-ring (bicyclic) bond motifs is 1. The van der Waals surface area contributed by atoms with Crippen LogP contribution in [-0.4, -0.2) is 35.1 Å². The first-order chi connectivity index (χ1) is 13.1. The number of carbonyl (C=O) groups excluding carboxylic acids is 1. The number of halogens is 2. The molecule has 0 saturated carbocycles. The molecule has 1 amide bonds. The molecule has 1 heterocycles. The highest BCUT2D eigenvalue weighted by Gasteiger charge is 2.23. The SMILES string of the molecule is CCC(C)N(CC[18F])C(=O)c1cc2ccccc2c(-c2ccccc2Cl)n1. The fraction of sp³-hybridized carbons (Fsp3) is 0.273. The number of amides is 1. The van der Waals surface area contributed by atoms with Gasteiger partial charge in [-0.2, -0.15) is 0 Å². The molecular weight excluding hydrogens is 362 g/mol. The molecule has 3 aromatic rings. The van der Waals surface area contributed by atoms with Gasteiger partial charge in [-0.25, -0.2) is 9.37 Å². The van der Waals surface area contributed by atoms with Crippen molar-refractivity contribution in [3.05, 3.63) is 65.3 Å². The Morgan fingerprint density at radius 2 is 1.89 bits per heavy atom. The molecule has 0 saturated heterocycles. The van der Waals surface area contributed by atoms with E-state index in [4.69, 9.17) is 11.6 Å². The van der Waals surface area contributed by atoms with Gasteiger partial charge in [-0.1, -0.05) is 61.0 Å². The maximum atomic E-state index is 13.1. The van der Waals surface area contributed by atoms with Crippen molar-refractivity contribution in [1.29, 1.82) is 0 Å². The van der Waals surface area contributed by atoms with Gasteiger partial charge in [0.25, 0.3) is 5.91 Å². The second-order valence-electron chi connectivity index (χ2n) is 6.50. The summed E-state index contributed by atoms with van der Waals surface area (Å²) in [5, 5.41) is 2.39. The third-order valence-electron chi connectivity index (χ3n) is 4.80. The summed E-state index contributed by atoms with van der Waals surface area (Å²) in [7, 11) is 0. The molecule has 0 aliphatic heterocycles. The highest BCUT2D eigenvalue weighted by Crippen LogP contribution is 2.32. The lowest BCUT2D eigenvalue weighted by Gasteiger charge is -2.27.